The van der Waals surface area contributed by atoms with E-state index in [1.165, 1.54) is 94.6 Å². The van der Waals surface area contributed by atoms with E-state index >= 15 is 0 Å². The maximum absolute atomic E-state index is 4.16. The minimum atomic E-state index is 0.457. The van der Waals surface area contributed by atoms with Crippen molar-refractivity contribution in [1.29, 1.82) is 0 Å². The first kappa shape index (κ1) is 40.1. The molecule has 3 nitrogen and oxygen atoms in total. The highest BCUT2D eigenvalue weighted by Gasteiger charge is 2.77. The Balaban J connectivity index is 2.49. The SMILES string of the molecule is CCCC(C)CCC(C)[N+](C)(CCC(CC(C)CC(C)CC)C1([N+]2(CC(C)C)C(C)C2C)CC(C)(CCC)C1)NCC(C)C. The molecule has 2 rings (SSSR count). The van der Waals surface area contributed by atoms with Crippen LogP contribution in [0.1, 0.15) is 174 Å². The normalized spacial score (nSPS) is 33.5. The van der Waals surface area contributed by atoms with Gasteiger partial charge in [-0.3, -0.25) is 0 Å². The summed E-state index contributed by atoms with van der Waals surface area (Å²) in [4.78, 5) is 0. The Morgan fingerprint density at radius 1 is 0.750 bits per heavy atom. The molecule has 1 heterocycles. The maximum Gasteiger partial charge on any atom is 0.139 e. The molecule has 0 aromatic carbocycles. The van der Waals surface area contributed by atoms with Crippen LogP contribution in [0.25, 0.3) is 0 Å². The van der Waals surface area contributed by atoms with Gasteiger partial charge in [0, 0.05) is 44.1 Å². The van der Waals surface area contributed by atoms with E-state index in [0.717, 1.165) is 52.8 Å². The predicted molar refractivity (Wildman–Crippen MR) is 196 cm³/mol. The molecule has 8 unspecified atom stereocenters. The molecule has 262 valence electrons. The van der Waals surface area contributed by atoms with Gasteiger partial charge in [-0.25, -0.2) is 4.59 Å². The fourth-order valence-electron chi connectivity index (χ4n) is 10.6. The molecular formula is C41H85N3+2. The van der Waals surface area contributed by atoms with Crippen LogP contribution in [0.5, 0.6) is 0 Å². The third-order valence-electron chi connectivity index (χ3n) is 13.5. The lowest BCUT2D eigenvalue weighted by Gasteiger charge is -2.63. The van der Waals surface area contributed by atoms with E-state index in [2.05, 4.69) is 109 Å². The summed E-state index contributed by atoms with van der Waals surface area (Å²) in [5.74, 6) is 4.73. The van der Waals surface area contributed by atoms with Crippen LogP contribution in [-0.2, 0) is 0 Å². The van der Waals surface area contributed by atoms with Crippen molar-refractivity contribution >= 4 is 0 Å². The molecule has 1 saturated heterocycles. The number of nitrogens with one attached hydrogen (secondary N) is 1. The highest BCUT2D eigenvalue weighted by atomic mass is 15.7. The van der Waals surface area contributed by atoms with E-state index in [4.69, 9.17) is 0 Å². The summed E-state index contributed by atoms with van der Waals surface area (Å²) in [6.07, 6.45) is 16.6. The van der Waals surface area contributed by atoms with Crippen molar-refractivity contribution in [3.8, 4) is 0 Å². The molecule has 8 atom stereocenters. The van der Waals surface area contributed by atoms with Gasteiger partial charge in [0.15, 0.2) is 0 Å². The molecule has 2 fully saturated rings. The largest absolute Gasteiger partial charge is 0.304 e. The van der Waals surface area contributed by atoms with Gasteiger partial charge in [0.1, 0.15) is 23.7 Å². The smallest absolute Gasteiger partial charge is 0.139 e. The van der Waals surface area contributed by atoms with Crippen molar-refractivity contribution in [1.82, 2.24) is 5.43 Å². The second-order valence-electron chi connectivity index (χ2n) is 18.6. The minimum absolute atomic E-state index is 0.457. The fourth-order valence-corrected chi connectivity index (χ4v) is 10.6. The monoisotopic (exact) mass is 620 g/mol. The Bertz CT molecular complexity index is 805. The molecule has 2 aliphatic rings. The summed E-state index contributed by atoms with van der Waals surface area (Å²) in [6.45, 7) is 38.7. The molecule has 44 heavy (non-hydrogen) atoms. The van der Waals surface area contributed by atoms with Gasteiger partial charge in [0.05, 0.1) is 20.1 Å². The zero-order valence-corrected chi connectivity index (χ0v) is 33.2. The highest BCUT2D eigenvalue weighted by molar-refractivity contribution is 5.11. The van der Waals surface area contributed by atoms with Gasteiger partial charge < -0.3 is 4.48 Å². The van der Waals surface area contributed by atoms with Crippen LogP contribution in [0.2, 0.25) is 0 Å². The van der Waals surface area contributed by atoms with Gasteiger partial charge >= 0.3 is 0 Å². The third kappa shape index (κ3) is 9.49. The molecule has 3 heteroatoms. The minimum Gasteiger partial charge on any atom is -0.304 e. The number of nitrogens with zero attached hydrogens (tertiary/aromatic N) is 2. The molecule has 0 aromatic rings. The predicted octanol–water partition coefficient (Wildman–Crippen LogP) is 11.3. The van der Waals surface area contributed by atoms with Crippen molar-refractivity contribution in [2.24, 2.45) is 40.9 Å². The molecule has 1 aliphatic carbocycles. The summed E-state index contributed by atoms with van der Waals surface area (Å²) in [7, 11) is 2.56. The standard InChI is InChI=1S/C41H85N3/c1-16-19-34(9)20-21-36(11)43(15,42-27-31(4)5)24-22-39(26-35(10)25-33(8)18-3)41(29-40(14,30-41)23-17-2)44(28-32(6)7)37(12)38(44)13/h31-39,42H,16-30H2,1-15H3/q+2. The first-order valence-corrected chi connectivity index (χ1v) is 19.9. The van der Waals surface area contributed by atoms with Crippen molar-refractivity contribution in [2.45, 2.75) is 198 Å². The van der Waals surface area contributed by atoms with Gasteiger partial charge in [0.2, 0.25) is 0 Å². The lowest BCUT2D eigenvalue weighted by molar-refractivity contribution is -0.975. The topological polar surface area (TPSA) is 12.0 Å². The van der Waals surface area contributed by atoms with E-state index in [1.54, 1.807) is 0 Å². The van der Waals surface area contributed by atoms with Gasteiger partial charge in [-0.2, -0.15) is 5.43 Å². The molecular weight excluding hydrogens is 534 g/mol. The lowest BCUT2D eigenvalue weighted by atomic mass is 9.50. The van der Waals surface area contributed by atoms with Crippen molar-refractivity contribution in [2.75, 3.05) is 26.7 Å². The van der Waals surface area contributed by atoms with Crippen LogP contribution >= 0.6 is 0 Å². The highest BCUT2D eigenvalue weighted by Crippen LogP contribution is 2.67. The molecule has 0 amide bonds. The molecule has 0 aromatic heterocycles. The van der Waals surface area contributed by atoms with Gasteiger partial charge in [0.25, 0.3) is 0 Å². The van der Waals surface area contributed by atoms with Crippen LogP contribution in [0.4, 0.5) is 0 Å². The average Bonchev–Trinajstić information content (AvgIpc) is 3.44. The number of hydrogen-bond acceptors (Lipinski definition) is 1. The van der Waals surface area contributed by atoms with Crippen LogP contribution in [-0.4, -0.2) is 59.4 Å². The molecule has 1 aliphatic heterocycles. The Morgan fingerprint density at radius 3 is 1.84 bits per heavy atom. The molecule has 0 bridgehead atoms. The van der Waals surface area contributed by atoms with Crippen molar-refractivity contribution in [3.05, 3.63) is 0 Å². The third-order valence-corrected chi connectivity index (χ3v) is 13.5. The zero-order valence-electron chi connectivity index (χ0n) is 33.2. The van der Waals surface area contributed by atoms with E-state index < -0.39 is 0 Å². The Labute approximate surface area is 279 Å². The second-order valence-corrected chi connectivity index (χ2v) is 18.6. The van der Waals surface area contributed by atoms with Crippen LogP contribution in [0.15, 0.2) is 0 Å². The van der Waals surface area contributed by atoms with Crippen molar-refractivity contribution < 1.29 is 9.08 Å². The first-order chi connectivity index (χ1) is 20.5. The fraction of sp³-hybridized carbons (Fsp3) is 1.00. The second kappa shape index (κ2) is 16.8. The van der Waals surface area contributed by atoms with Crippen LogP contribution in [0.3, 0.4) is 0 Å². The molecule has 0 radical (unpaired) electrons. The Morgan fingerprint density at radius 2 is 1.36 bits per heavy atom. The van der Waals surface area contributed by atoms with E-state index in [9.17, 15) is 0 Å². The zero-order chi connectivity index (χ0) is 33.5. The summed E-state index contributed by atoms with van der Waals surface area (Å²) >= 11 is 0. The van der Waals surface area contributed by atoms with E-state index in [1.807, 2.05) is 0 Å². The van der Waals surface area contributed by atoms with Crippen LogP contribution in [0, 0.1) is 40.9 Å². The Kier molecular flexibility index (Phi) is 15.3. The van der Waals surface area contributed by atoms with Gasteiger partial charge in [-0.1, -0.05) is 102 Å². The summed E-state index contributed by atoms with van der Waals surface area (Å²) < 4.78 is 2.47. The number of hydrogen-bond donors (Lipinski definition) is 1. The summed E-state index contributed by atoms with van der Waals surface area (Å²) in [5.41, 5.74) is 5.15. The molecule has 0 spiro atoms. The quantitative estimate of drug-likeness (QED) is 0.0681. The van der Waals surface area contributed by atoms with Crippen LogP contribution < -0.4 is 5.43 Å². The maximum atomic E-state index is 4.16. The number of rotatable bonds is 23. The lowest BCUT2D eigenvalue weighted by Crippen LogP contribution is -2.70. The van der Waals surface area contributed by atoms with E-state index in [-0.39, 0.29) is 0 Å². The molecule has 1 N–H and O–H groups in total. The first-order valence-electron chi connectivity index (χ1n) is 19.9. The van der Waals surface area contributed by atoms with Crippen molar-refractivity contribution in [3.63, 3.8) is 0 Å². The van der Waals surface area contributed by atoms with Gasteiger partial charge in [-0.15, -0.1) is 0 Å². The number of quaternary nitrogens is 2. The van der Waals surface area contributed by atoms with E-state index in [0.29, 0.717) is 22.9 Å². The average molecular weight is 620 g/mol. The summed E-state index contributed by atoms with van der Waals surface area (Å²) in [5, 5.41) is 0. The van der Waals surface area contributed by atoms with Gasteiger partial charge in [-0.05, 0) is 75.5 Å². The summed E-state index contributed by atoms with van der Waals surface area (Å²) in [6, 6.07) is 2.27. The molecule has 1 saturated carbocycles. The Hall–Kier alpha value is -0.120.